The van der Waals surface area contributed by atoms with Gasteiger partial charge in [0.15, 0.2) is 0 Å². The zero-order valence-corrected chi connectivity index (χ0v) is 13.0. The second kappa shape index (κ2) is 8.18. The lowest BCUT2D eigenvalue weighted by Crippen LogP contribution is -2.38. The molecule has 0 bridgehead atoms. The molecule has 1 rings (SSSR count). The van der Waals surface area contributed by atoms with Gasteiger partial charge in [-0.05, 0) is 44.1 Å². The van der Waals surface area contributed by atoms with Crippen LogP contribution in [0.5, 0.6) is 5.75 Å². The van der Waals surface area contributed by atoms with Gasteiger partial charge in [-0.3, -0.25) is 0 Å². The van der Waals surface area contributed by atoms with Crippen LogP contribution in [0.4, 0.5) is 0 Å². The van der Waals surface area contributed by atoms with Gasteiger partial charge in [-0.15, -0.1) is 0 Å². The Bertz CT molecular complexity index is 375. The van der Waals surface area contributed by atoms with Crippen molar-refractivity contribution in [3.8, 4) is 5.75 Å². The van der Waals surface area contributed by atoms with Crippen molar-refractivity contribution in [2.75, 3.05) is 26.7 Å². The number of nitrogens with zero attached hydrogens (tertiary/aromatic N) is 1. The van der Waals surface area contributed by atoms with Crippen molar-refractivity contribution in [3.05, 3.63) is 29.3 Å². The van der Waals surface area contributed by atoms with Crippen molar-refractivity contribution < 1.29 is 4.74 Å². The minimum atomic E-state index is 0.502. The van der Waals surface area contributed by atoms with E-state index in [2.05, 4.69) is 50.0 Å². The largest absolute Gasteiger partial charge is 0.496 e. The number of likely N-dealkylation sites (N-methyl/N-ethyl adjacent to an activating group) is 1. The van der Waals surface area contributed by atoms with Crippen LogP contribution in [0.1, 0.15) is 31.9 Å². The highest BCUT2D eigenvalue weighted by atomic mass is 16.5. The summed E-state index contributed by atoms with van der Waals surface area (Å²) in [6.45, 7) is 13.0. The number of rotatable bonds is 8. The van der Waals surface area contributed by atoms with E-state index >= 15 is 0 Å². The summed E-state index contributed by atoms with van der Waals surface area (Å²) in [6, 6.07) is 6.86. The molecule has 0 aliphatic rings. The molecule has 1 atom stereocenters. The molecule has 0 spiro atoms. The molecule has 0 aromatic heterocycles. The lowest BCUT2D eigenvalue weighted by molar-refractivity contribution is 0.270. The fourth-order valence-electron chi connectivity index (χ4n) is 2.28. The van der Waals surface area contributed by atoms with Crippen molar-refractivity contribution in [3.63, 3.8) is 0 Å². The summed E-state index contributed by atoms with van der Waals surface area (Å²) < 4.78 is 5.28. The van der Waals surface area contributed by atoms with E-state index in [-0.39, 0.29) is 0 Å². The Morgan fingerprint density at radius 3 is 2.47 bits per heavy atom. The Morgan fingerprint density at radius 1 is 1.26 bits per heavy atom. The van der Waals surface area contributed by atoms with Crippen LogP contribution in [0.25, 0.3) is 0 Å². The highest BCUT2D eigenvalue weighted by Crippen LogP contribution is 2.18. The van der Waals surface area contributed by atoms with E-state index in [1.807, 2.05) is 6.07 Å². The third-order valence-corrected chi connectivity index (χ3v) is 3.54. The predicted octanol–water partition coefficient (Wildman–Crippen LogP) is 2.82. The summed E-state index contributed by atoms with van der Waals surface area (Å²) >= 11 is 0. The van der Waals surface area contributed by atoms with Gasteiger partial charge in [0.2, 0.25) is 0 Å². The molecule has 1 unspecified atom stereocenters. The van der Waals surface area contributed by atoms with Crippen LogP contribution in [0.3, 0.4) is 0 Å². The number of aryl methyl sites for hydroxylation is 1. The molecule has 0 aliphatic carbocycles. The maximum absolute atomic E-state index is 5.28. The van der Waals surface area contributed by atoms with Crippen molar-refractivity contribution in [2.45, 2.75) is 40.3 Å². The first-order valence-corrected chi connectivity index (χ1v) is 7.19. The first kappa shape index (κ1) is 16.0. The Morgan fingerprint density at radius 2 is 1.95 bits per heavy atom. The standard InChI is InChI=1S/C16H28N2O/c1-6-18(7-2)12-14(4)17-11-15-8-9-16(19-5)13(3)10-15/h8-10,14,17H,6-7,11-12H2,1-5H3. The summed E-state index contributed by atoms with van der Waals surface area (Å²) in [5.41, 5.74) is 2.50. The average Bonchev–Trinajstić information content (AvgIpc) is 2.42. The van der Waals surface area contributed by atoms with E-state index < -0.39 is 0 Å². The molecule has 0 amide bonds. The first-order chi connectivity index (χ1) is 9.10. The maximum atomic E-state index is 5.28. The van der Waals surface area contributed by atoms with Gasteiger partial charge in [-0.25, -0.2) is 0 Å². The molecule has 0 saturated carbocycles. The summed E-state index contributed by atoms with van der Waals surface area (Å²) in [5.74, 6) is 0.958. The Hall–Kier alpha value is -1.06. The van der Waals surface area contributed by atoms with Crippen molar-refractivity contribution in [1.29, 1.82) is 0 Å². The molecule has 19 heavy (non-hydrogen) atoms. The fraction of sp³-hybridized carbons (Fsp3) is 0.625. The second-order valence-corrected chi connectivity index (χ2v) is 5.07. The fourth-order valence-corrected chi connectivity index (χ4v) is 2.28. The van der Waals surface area contributed by atoms with E-state index in [4.69, 9.17) is 4.74 Å². The molecule has 0 fully saturated rings. The summed E-state index contributed by atoms with van der Waals surface area (Å²) in [7, 11) is 1.71. The number of nitrogens with one attached hydrogen (secondary N) is 1. The van der Waals surface area contributed by atoms with Crippen LogP contribution in [-0.4, -0.2) is 37.7 Å². The normalized spacial score (nSPS) is 12.7. The highest BCUT2D eigenvalue weighted by Gasteiger charge is 2.07. The van der Waals surface area contributed by atoms with Gasteiger partial charge in [-0.1, -0.05) is 26.0 Å². The smallest absolute Gasteiger partial charge is 0.121 e. The van der Waals surface area contributed by atoms with Crippen LogP contribution in [0, 0.1) is 6.92 Å². The maximum Gasteiger partial charge on any atom is 0.121 e. The Labute approximate surface area is 118 Å². The number of hydrogen-bond donors (Lipinski definition) is 1. The van der Waals surface area contributed by atoms with Gasteiger partial charge in [0, 0.05) is 19.1 Å². The molecule has 0 aliphatic heterocycles. The summed E-state index contributed by atoms with van der Waals surface area (Å²) in [4.78, 5) is 2.44. The summed E-state index contributed by atoms with van der Waals surface area (Å²) in [6.07, 6.45) is 0. The number of hydrogen-bond acceptors (Lipinski definition) is 3. The summed E-state index contributed by atoms with van der Waals surface area (Å²) in [5, 5.41) is 3.58. The van der Waals surface area contributed by atoms with Crippen molar-refractivity contribution >= 4 is 0 Å². The van der Waals surface area contributed by atoms with Crippen LogP contribution in [-0.2, 0) is 6.54 Å². The lowest BCUT2D eigenvalue weighted by Gasteiger charge is -2.23. The SMILES string of the molecule is CCN(CC)CC(C)NCc1ccc(OC)c(C)c1. The minimum Gasteiger partial charge on any atom is -0.496 e. The zero-order valence-electron chi connectivity index (χ0n) is 13.0. The van der Waals surface area contributed by atoms with E-state index in [9.17, 15) is 0 Å². The number of methoxy groups -OCH3 is 1. The molecule has 3 nitrogen and oxygen atoms in total. The van der Waals surface area contributed by atoms with E-state index in [0.717, 1.165) is 31.9 Å². The van der Waals surface area contributed by atoms with Crippen molar-refractivity contribution in [2.24, 2.45) is 0 Å². The van der Waals surface area contributed by atoms with Crippen LogP contribution in [0.15, 0.2) is 18.2 Å². The molecule has 1 aromatic carbocycles. The lowest BCUT2D eigenvalue weighted by atomic mass is 10.1. The average molecular weight is 264 g/mol. The molecule has 0 saturated heterocycles. The second-order valence-electron chi connectivity index (χ2n) is 5.07. The molecule has 3 heteroatoms. The molecule has 0 heterocycles. The quantitative estimate of drug-likeness (QED) is 0.781. The van der Waals surface area contributed by atoms with E-state index in [0.29, 0.717) is 6.04 Å². The molecule has 0 radical (unpaired) electrons. The third-order valence-electron chi connectivity index (χ3n) is 3.54. The molecule has 108 valence electrons. The van der Waals surface area contributed by atoms with Gasteiger partial charge >= 0.3 is 0 Å². The van der Waals surface area contributed by atoms with E-state index in [1.165, 1.54) is 11.1 Å². The number of benzene rings is 1. The third kappa shape index (κ3) is 5.21. The first-order valence-electron chi connectivity index (χ1n) is 7.19. The van der Waals surface area contributed by atoms with Gasteiger partial charge in [0.1, 0.15) is 5.75 Å². The van der Waals surface area contributed by atoms with Gasteiger partial charge < -0.3 is 15.0 Å². The zero-order chi connectivity index (χ0) is 14.3. The Kier molecular flexibility index (Phi) is 6.89. The molecule has 1 aromatic rings. The van der Waals surface area contributed by atoms with Crippen molar-refractivity contribution in [1.82, 2.24) is 10.2 Å². The van der Waals surface area contributed by atoms with Gasteiger partial charge in [-0.2, -0.15) is 0 Å². The molecule has 1 N–H and O–H groups in total. The molecular formula is C16H28N2O. The Balaban J connectivity index is 2.45. The van der Waals surface area contributed by atoms with Crippen LogP contribution in [0.2, 0.25) is 0 Å². The van der Waals surface area contributed by atoms with Crippen LogP contribution >= 0.6 is 0 Å². The van der Waals surface area contributed by atoms with Gasteiger partial charge in [0.05, 0.1) is 7.11 Å². The molecular weight excluding hydrogens is 236 g/mol. The van der Waals surface area contributed by atoms with Gasteiger partial charge in [0.25, 0.3) is 0 Å². The predicted molar refractivity (Wildman–Crippen MR) is 81.8 cm³/mol. The highest BCUT2D eigenvalue weighted by molar-refractivity contribution is 5.36. The van der Waals surface area contributed by atoms with E-state index in [1.54, 1.807) is 7.11 Å². The monoisotopic (exact) mass is 264 g/mol. The minimum absolute atomic E-state index is 0.502. The van der Waals surface area contributed by atoms with Crippen LogP contribution < -0.4 is 10.1 Å². The topological polar surface area (TPSA) is 24.5 Å². The number of ether oxygens (including phenoxy) is 1.